The number of ether oxygens (including phenoxy) is 2. The molecule has 1 aromatic heterocycles. The van der Waals surface area contributed by atoms with Crippen LogP contribution in [0.4, 0.5) is 5.69 Å². The molecule has 2 N–H and O–H groups in total. The number of hydrogen-bond acceptors (Lipinski definition) is 4. The van der Waals surface area contributed by atoms with Crippen LogP contribution in [0.15, 0.2) is 71.7 Å². The van der Waals surface area contributed by atoms with Crippen molar-refractivity contribution >= 4 is 44.9 Å². The molecule has 0 fully saturated rings. The second-order valence-electron chi connectivity index (χ2n) is 6.40. The number of aromatic nitrogens is 1. The average molecular weight is 498 g/mol. The summed E-state index contributed by atoms with van der Waals surface area (Å²) in [4.78, 5) is 7.92. The van der Waals surface area contributed by atoms with Crippen LogP contribution in [0.25, 0.3) is 10.9 Å². The number of rotatable bonds is 5. The number of benzene rings is 3. The van der Waals surface area contributed by atoms with Crippen LogP contribution in [0.1, 0.15) is 11.1 Å². The highest BCUT2D eigenvalue weighted by Gasteiger charge is 2.20. The second-order valence-corrected chi connectivity index (χ2v) is 7.65. The molecule has 6 heteroatoms. The molecule has 0 saturated carbocycles. The number of methoxy groups -OCH3 is 2. The standard InChI is InChI=1S/C23H19IN2O3/c1-28-19-12-17-18(13-20(19)29-2)26-23(27)21(17)22(14-6-4-3-5-7-14)25-16-10-8-15(24)9-11-16/h3-13,26-27H,1-2H3. The van der Waals surface area contributed by atoms with E-state index in [2.05, 4.69) is 27.6 Å². The lowest BCUT2D eigenvalue weighted by atomic mass is 10.0. The van der Waals surface area contributed by atoms with Gasteiger partial charge in [-0.05, 0) is 52.9 Å². The number of aliphatic imine (C=N–C) groups is 1. The van der Waals surface area contributed by atoms with Gasteiger partial charge in [0.15, 0.2) is 17.4 Å². The van der Waals surface area contributed by atoms with Crippen molar-refractivity contribution in [3.05, 3.63) is 81.4 Å². The Balaban J connectivity index is 1.99. The lowest BCUT2D eigenvalue weighted by Crippen LogP contribution is -2.03. The molecule has 146 valence electrons. The monoisotopic (exact) mass is 498 g/mol. The Bertz CT molecular complexity index is 1180. The molecule has 0 aliphatic carbocycles. The molecule has 0 bridgehead atoms. The first-order valence-electron chi connectivity index (χ1n) is 8.97. The van der Waals surface area contributed by atoms with E-state index < -0.39 is 0 Å². The first-order valence-corrected chi connectivity index (χ1v) is 10.1. The summed E-state index contributed by atoms with van der Waals surface area (Å²) in [6, 6.07) is 21.4. The largest absolute Gasteiger partial charge is 0.494 e. The fourth-order valence-corrected chi connectivity index (χ4v) is 3.61. The highest BCUT2D eigenvalue weighted by Crippen LogP contribution is 2.38. The maximum absolute atomic E-state index is 10.8. The molecular weight excluding hydrogens is 479 g/mol. The molecule has 0 radical (unpaired) electrons. The predicted molar refractivity (Wildman–Crippen MR) is 124 cm³/mol. The molecule has 0 unspecified atom stereocenters. The van der Waals surface area contributed by atoms with Crippen LogP contribution >= 0.6 is 22.6 Å². The Morgan fingerprint density at radius 3 is 2.24 bits per heavy atom. The molecule has 0 saturated heterocycles. The number of H-pyrrole nitrogens is 1. The van der Waals surface area contributed by atoms with Crippen LogP contribution in [0.3, 0.4) is 0 Å². The fourth-order valence-electron chi connectivity index (χ4n) is 3.25. The molecule has 0 amide bonds. The topological polar surface area (TPSA) is 66.8 Å². The van der Waals surface area contributed by atoms with Crippen molar-refractivity contribution in [3.8, 4) is 17.4 Å². The van der Waals surface area contributed by atoms with Gasteiger partial charge < -0.3 is 19.6 Å². The molecule has 1 heterocycles. The molecule has 0 aliphatic heterocycles. The number of aromatic amines is 1. The van der Waals surface area contributed by atoms with Crippen molar-refractivity contribution in [1.29, 1.82) is 0 Å². The third-order valence-corrected chi connectivity index (χ3v) is 5.35. The lowest BCUT2D eigenvalue weighted by molar-refractivity contribution is 0.356. The minimum atomic E-state index is 0.0448. The van der Waals surface area contributed by atoms with Gasteiger partial charge in [-0.25, -0.2) is 4.99 Å². The summed E-state index contributed by atoms with van der Waals surface area (Å²) >= 11 is 2.26. The highest BCUT2D eigenvalue weighted by atomic mass is 127. The third-order valence-electron chi connectivity index (χ3n) is 4.63. The molecule has 5 nitrogen and oxygen atoms in total. The normalized spacial score (nSPS) is 11.6. The molecule has 4 rings (SSSR count). The summed E-state index contributed by atoms with van der Waals surface area (Å²) in [5.41, 5.74) is 3.73. The zero-order chi connectivity index (χ0) is 20.4. The van der Waals surface area contributed by atoms with Crippen molar-refractivity contribution in [2.24, 2.45) is 4.99 Å². The van der Waals surface area contributed by atoms with Crippen LogP contribution in [0, 0.1) is 3.57 Å². The minimum Gasteiger partial charge on any atom is -0.494 e. The van der Waals surface area contributed by atoms with E-state index in [9.17, 15) is 5.11 Å². The van der Waals surface area contributed by atoms with Gasteiger partial charge in [0, 0.05) is 20.6 Å². The number of aromatic hydroxyl groups is 1. The van der Waals surface area contributed by atoms with Crippen molar-refractivity contribution in [1.82, 2.24) is 4.98 Å². The Hall–Kier alpha value is -3.00. The van der Waals surface area contributed by atoms with Crippen LogP contribution in [-0.4, -0.2) is 30.0 Å². The first-order chi connectivity index (χ1) is 14.1. The highest BCUT2D eigenvalue weighted by molar-refractivity contribution is 14.1. The molecule has 0 spiro atoms. The van der Waals surface area contributed by atoms with Crippen LogP contribution in [0.5, 0.6) is 17.4 Å². The van der Waals surface area contributed by atoms with E-state index in [1.807, 2.05) is 66.7 Å². The molecule has 29 heavy (non-hydrogen) atoms. The number of fused-ring (bicyclic) bond motifs is 1. The van der Waals surface area contributed by atoms with E-state index >= 15 is 0 Å². The number of nitrogens with zero attached hydrogens (tertiary/aromatic N) is 1. The van der Waals surface area contributed by atoms with E-state index in [1.165, 1.54) is 0 Å². The zero-order valence-corrected chi connectivity index (χ0v) is 18.1. The van der Waals surface area contributed by atoms with Gasteiger partial charge in [0.2, 0.25) is 0 Å². The Labute approximate surface area is 182 Å². The van der Waals surface area contributed by atoms with Gasteiger partial charge in [-0.2, -0.15) is 0 Å². The van der Waals surface area contributed by atoms with E-state index in [4.69, 9.17) is 14.5 Å². The summed E-state index contributed by atoms with van der Waals surface area (Å²) in [7, 11) is 3.18. The third kappa shape index (κ3) is 3.80. The number of nitrogens with one attached hydrogen (secondary N) is 1. The van der Waals surface area contributed by atoms with E-state index in [-0.39, 0.29) is 5.88 Å². The lowest BCUT2D eigenvalue weighted by Gasteiger charge is -2.10. The molecule has 0 aliphatic rings. The summed E-state index contributed by atoms with van der Waals surface area (Å²) in [6.45, 7) is 0. The summed E-state index contributed by atoms with van der Waals surface area (Å²) in [5, 5.41) is 11.6. The quantitative estimate of drug-likeness (QED) is 0.276. The number of hydrogen-bond donors (Lipinski definition) is 2. The van der Waals surface area contributed by atoms with Gasteiger partial charge >= 0.3 is 0 Å². The van der Waals surface area contributed by atoms with E-state index in [0.717, 1.165) is 25.7 Å². The molecule has 3 aromatic carbocycles. The van der Waals surface area contributed by atoms with Crippen LogP contribution in [0.2, 0.25) is 0 Å². The summed E-state index contributed by atoms with van der Waals surface area (Å²) in [6.07, 6.45) is 0. The van der Waals surface area contributed by atoms with Crippen molar-refractivity contribution in [2.45, 2.75) is 0 Å². The Morgan fingerprint density at radius 1 is 0.931 bits per heavy atom. The fraction of sp³-hybridized carbons (Fsp3) is 0.0870. The van der Waals surface area contributed by atoms with E-state index in [1.54, 1.807) is 14.2 Å². The molecule has 4 aromatic rings. The Morgan fingerprint density at radius 2 is 1.59 bits per heavy atom. The molecule has 0 atom stereocenters. The first kappa shape index (κ1) is 19.3. The second kappa shape index (κ2) is 8.16. The summed E-state index contributed by atoms with van der Waals surface area (Å²) < 4.78 is 12.0. The van der Waals surface area contributed by atoms with Gasteiger partial charge in [0.25, 0.3) is 0 Å². The van der Waals surface area contributed by atoms with Gasteiger partial charge in [-0.15, -0.1) is 0 Å². The smallest absolute Gasteiger partial charge is 0.199 e. The average Bonchev–Trinajstić information content (AvgIpc) is 3.07. The van der Waals surface area contributed by atoms with Gasteiger partial charge in [-0.3, -0.25) is 0 Å². The van der Waals surface area contributed by atoms with Gasteiger partial charge in [0.1, 0.15) is 0 Å². The van der Waals surface area contributed by atoms with Crippen molar-refractivity contribution < 1.29 is 14.6 Å². The zero-order valence-electron chi connectivity index (χ0n) is 15.9. The Kier molecular flexibility index (Phi) is 5.44. The van der Waals surface area contributed by atoms with Gasteiger partial charge in [-0.1, -0.05) is 30.3 Å². The van der Waals surface area contributed by atoms with Gasteiger partial charge in [0.05, 0.1) is 36.7 Å². The van der Waals surface area contributed by atoms with Crippen molar-refractivity contribution in [2.75, 3.05) is 14.2 Å². The van der Waals surface area contributed by atoms with Crippen LogP contribution in [-0.2, 0) is 0 Å². The number of halogens is 1. The minimum absolute atomic E-state index is 0.0448. The maximum atomic E-state index is 10.8. The summed E-state index contributed by atoms with van der Waals surface area (Å²) in [5.74, 6) is 1.22. The molecular formula is C23H19IN2O3. The SMILES string of the molecule is COc1cc2[nH]c(O)c(C(=Nc3ccc(I)cc3)c3ccccc3)c2cc1OC. The maximum Gasteiger partial charge on any atom is 0.199 e. The predicted octanol–water partition coefficient (Wildman–Crippen LogP) is 5.66. The van der Waals surface area contributed by atoms with Crippen LogP contribution < -0.4 is 9.47 Å². The van der Waals surface area contributed by atoms with E-state index in [0.29, 0.717) is 22.8 Å². The van der Waals surface area contributed by atoms with Crippen molar-refractivity contribution in [3.63, 3.8) is 0 Å².